The molecule has 0 aromatic heterocycles. The van der Waals surface area contributed by atoms with Crippen LogP contribution in [0, 0.1) is 58.7 Å². The van der Waals surface area contributed by atoms with E-state index in [4.69, 9.17) is 0 Å². The van der Waals surface area contributed by atoms with E-state index in [0.717, 1.165) is 41.4 Å². The Labute approximate surface area is 170 Å². The van der Waals surface area contributed by atoms with Gasteiger partial charge in [-0.15, -0.1) is 0 Å². The van der Waals surface area contributed by atoms with Crippen molar-refractivity contribution in [3.05, 3.63) is 6.42 Å². The lowest BCUT2D eigenvalue weighted by molar-refractivity contribution is -0.0960. The van der Waals surface area contributed by atoms with Crippen molar-refractivity contribution in [3.63, 3.8) is 0 Å². The molecule has 0 aromatic rings. The third-order valence-electron chi connectivity index (χ3n) is 10.5. The Hall–Kier alpha value is 0. The monoisotopic (exact) mass is 371 g/mol. The summed E-state index contributed by atoms with van der Waals surface area (Å²) in [6.45, 7) is 12.8. The second kappa shape index (κ2) is 7.68. The molecule has 0 saturated heterocycles. The van der Waals surface area contributed by atoms with Crippen LogP contribution >= 0.6 is 0 Å². The Bertz CT molecular complexity index is 506. The van der Waals surface area contributed by atoms with Crippen molar-refractivity contribution in [2.75, 3.05) is 0 Å². The van der Waals surface area contributed by atoms with Gasteiger partial charge in [-0.2, -0.15) is 0 Å². The summed E-state index contributed by atoms with van der Waals surface area (Å²) in [6, 6.07) is 0. The maximum atomic E-state index is 2.82. The molecule has 0 amide bonds. The van der Waals surface area contributed by atoms with Gasteiger partial charge < -0.3 is 0 Å². The lowest BCUT2D eigenvalue weighted by atomic mass is 9.44. The molecule has 8 atom stereocenters. The fraction of sp³-hybridized carbons (Fsp3) is 0.963. The molecular weight excluding hydrogens is 324 g/mol. The average Bonchev–Trinajstić information content (AvgIpc) is 2.98. The van der Waals surface area contributed by atoms with Crippen molar-refractivity contribution in [2.24, 2.45) is 52.3 Å². The second-order valence-corrected chi connectivity index (χ2v) is 12.2. The lowest BCUT2D eigenvalue weighted by Crippen LogP contribution is -2.53. The van der Waals surface area contributed by atoms with E-state index in [2.05, 4.69) is 41.0 Å². The Morgan fingerprint density at radius 2 is 1.63 bits per heavy atom. The highest BCUT2D eigenvalue weighted by Crippen LogP contribution is 2.68. The van der Waals surface area contributed by atoms with Crippen molar-refractivity contribution in [2.45, 2.75) is 112 Å². The molecule has 0 nitrogen and oxygen atoms in total. The van der Waals surface area contributed by atoms with Crippen molar-refractivity contribution >= 4 is 0 Å². The van der Waals surface area contributed by atoms with Crippen LogP contribution in [0.2, 0.25) is 0 Å². The SMILES string of the molecule is CC(C)CCC[C@@H](C)[C@H]1CC[C@H]2[C@@H]3C[CH]C4CCCC[C@]4(C)[C@H]3CC[C@]12C. The first-order chi connectivity index (χ1) is 12.9. The van der Waals surface area contributed by atoms with Crippen molar-refractivity contribution < 1.29 is 0 Å². The highest BCUT2D eigenvalue weighted by atomic mass is 14.6. The molecule has 4 saturated carbocycles. The topological polar surface area (TPSA) is 0 Å². The predicted molar refractivity (Wildman–Crippen MR) is 117 cm³/mol. The Morgan fingerprint density at radius 3 is 2.41 bits per heavy atom. The first kappa shape index (κ1) is 20.3. The van der Waals surface area contributed by atoms with Crippen LogP contribution in [0.4, 0.5) is 0 Å². The van der Waals surface area contributed by atoms with E-state index in [9.17, 15) is 0 Å². The normalized spacial score (nSPS) is 48.0. The van der Waals surface area contributed by atoms with Crippen LogP contribution in [0.1, 0.15) is 112 Å². The van der Waals surface area contributed by atoms with Gasteiger partial charge in [-0.3, -0.25) is 0 Å². The number of fused-ring (bicyclic) bond motifs is 5. The summed E-state index contributed by atoms with van der Waals surface area (Å²) in [5.74, 6) is 6.88. The maximum Gasteiger partial charge on any atom is -0.0264 e. The van der Waals surface area contributed by atoms with E-state index in [-0.39, 0.29) is 0 Å². The zero-order valence-corrected chi connectivity index (χ0v) is 19.1. The molecule has 0 spiro atoms. The molecule has 0 aromatic carbocycles. The minimum atomic E-state index is 0.656. The Balaban J connectivity index is 1.46. The van der Waals surface area contributed by atoms with Gasteiger partial charge in [0.05, 0.1) is 0 Å². The molecule has 4 rings (SSSR count). The summed E-state index contributed by atoms with van der Waals surface area (Å²) in [4.78, 5) is 0. The van der Waals surface area contributed by atoms with E-state index in [1.165, 1.54) is 57.8 Å². The maximum absolute atomic E-state index is 2.82. The fourth-order valence-corrected chi connectivity index (χ4v) is 9.01. The minimum Gasteiger partial charge on any atom is -0.0628 e. The van der Waals surface area contributed by atoms with Gasteiger partial charge in [-0.1, -0.05) is 66.7 Å². The van der Waals surface area contributed by atoms with Gasteiger partial charge in [0.15, 0.2) is 0 Å². The summed E-state index contributed by atoms with van der Waals surface area (Å²) >= 11 is 0. The standard InChI is InChI=1S/C27H47/c1-19(2)9-8-10-20(3)23-14-15-24-22-13-12-21-11-6-7-17-26(21,4)25(22)16-18-27(23,24)5/h12,19-25H,6-11,13-18H2,1-5H3/t20-,21?,22+,23-,24+,25+,26+,27-/m1/s1. The minimum absolute atomic E-state index is 0.656. The summed E-state index contributed by atoms with van der Waals surface area (Å²) < 4.78 is 0. The van der Waals surface area contributed by atoms with Crippen LogP contribution in [0.15, 0.2) is 0 Å². The molecule has 0 aliphatic heterocycles. The van der Waals surface area contributed by atoms with Crippen LogP contribution in [-0.4, -0.2) is 0 Å². The number of hydrogen-bond donors (Lipinski definition) is 0. The van der Waals surface area contributed by atoms with Crippen LogP contribution in [0.5, 0.6) is 0 Å². The van der Waals surface area contributed by atoms with Gasteiger partial charge in [0.1, 0.15) is 0 Å². The lowest BCUT2D eigenvalue weighted by Gasteiger charge is -2.60. The third kappa shape index (κ3) is 3.44. The van der Waals surface area contributed by atoms with Gasteiger partial charge in [0, 0.05) is 0 Å². The molecule has 0 bridgehead atoms. The smallest absolute Gasteiger partial charge is 0.0264 e. The summed E-state index contributed by atoms with van der Waals surface area (Å²) in [6.07, 6.45) is 20.8. The van der Waals surface area contributed by atoms with Crippen LogP contribution in [0.25, 0.3) is 0 Å². The van der Waals surface area contributed by atoms with E-state index >= 15 is 0 Å². The molecule has 1 unspecified atom stereocenters. The number of rotatable bonds is 5. The second-order valence-electron chi connectivity index (χ2n) is 12.2. The van der Waals surface area contributed by atoms with E-state index in [0.29, 0.717) is 10.8 Å². The fourth-order valence-electron chi connectivity index (χ4n) is 9.01. The van der Waals surface area contributed by atoms with Crippen LogP contribution in [-0.2, 0) is 0 Å². The van der Waals surface area contributed by atoms with E-state index < -0.39 is 0 Å². The van der Waals surface area contributed by atoms with Gasteiger partial charge in [-0.05, 0) is 104 Å². The molecule has 0 heterocycles. The van der Waals surface area contributed by atoms with Crippen molar-refractivity contribution in [1.82, 2.24) is 0 Å². The van der Waals surface area contributed by atoms with E-state index in [1.54, 1.807) is 19.3 Å². The molecule has 4 aliphatic rings. The summed E-state index contributed by atoms with van der Waals surface area (Å²) in [7, 11) is 0. The molecule has 4 aliphatic carbocycles. The molecule has 155 valence electrons. The molecule has 4 fully saturated rings. The quantitative estimate of drug-likeness (QED) is 0.456. The zero-order valence-electron chi connectivity index (χ0n) is 19.1. The van der Waals surface area contributed by atoms with Crippen LogP contribution in [0.3, 0.4) is 0 Å². The highest BCUT2D eigenvalue weighted by Gasteiger charge is 2.60. The Morgan fingerprint density at radius 1 is 0.852 bits per heavy atom. The van der Waals surface area contributed by atoms with Gasteiger partial charge >= 0.3 is 0 Å². The average molecular weight is 372 g/mol. The number of hydrogen-bond acceptors (Lipinski definition) is 0. The van der Waals surface area contributed by atoms with Gasteiger partial charge in [0.2, 0.25) is 0 Å². The molecule has 0 N–H and O–H groups in total. The Kier molecular flexibility index (Phi) is 5.77. The summed E-state index contributed by atoms with van der Waals surface area (Å²) in [5, 5.41) is 0. The first-order valence-electron chi connectivity index (χ1n) is 12.7. The predicted octanol–water partition coefficient (Wildman–Crippen LogP) is 8.31. The van der Waals surface area contributed by atoms with Crippen molar-refractivity contribution in [1.29, 1.82) is 0 Å². The van der Waals surface area contributed by atoms with E-state index in [1.807, 2.05) is 0 Å². The van der Waals surface area contributed by atoms with Crippen molar-refractivity contribution in [3.8, 4) is 0 Å². The highest BCUT2D eigenvalue weighted by molar-refractivity contribution is 5.12. The molecular formula is C27H47. The largest absolute Gasteiger partial charge is 0.0628 e. The summed E-state index contributed by atoms with van der Waals surface area (Å²) in [5.41, 5.74) is 1.31. The molecule has 0 heteroatoms. The van der Waals surface area contributed by atoms with Gasteiger partial charge in [0.25, 0.3) is 0 Å². The third-order valence-corrected chi connectivity index (χ3v) is 10.5. The molecule has 1 radical (unpaired) electrons. The first-order valence-corrected chi connectivity index (χ1v) is 12.7. The van der Waals surface area contributed by atoms with Gasteiger partial charge in [-0.25, -0.2) is 0 Å². The van der Waals surface area contributed by atoms with Crippen LogP contribution < -0.4 is 0 Å². The molecule has 27 heavy (non-hydrogen) atoms. The zero-order chi connectivity index (χ0) is 19.2.